The van der Waals surface area contributed by atoms with Crippen molar-refractivity contribution in [1.82, 2.24) is 15.1 Å². The number of aliphatic imine (C=N–C) groups is 1. The number of likely N-dealkylation sites (tertiary alicyclic amines) is 1. The molecule has 5 nitrogen and oxygen atoms in total. The molecule has 1 aromatic carbocycles. The van der Waals surface area contributed by atoms with Gasteiger partial charge in [-0.25, -0.2) is 0 Å². The average molecular weight is 472 g/mol. The van der Waals surface area contributed by atoms with Crippen molar-refractivity contribution in [2.24, 2.45) is 4.99 Å². The summed E-state index contributed by atoms with van der Waals surface area (Å²) in [5.41, 5.74) is 1.44. The van der Waals surface area contributed by atoms with E-state index in [1.807, 2.05) is 7.05 Å². The summed E-state index contributed by atoms with van der Waals surface area (Å²) >= 11 is 0. The monoisotopic (exact) mass is 472 g/mol. The highest BCUT2D eigenvalue weighted by atomic mass is 127. The lowest BCUT2D eigenvalue weighted by atomic mass is 9.99. The Labute approximate surface area is 175 Å². The number of nitrogens with one attached hydrogen (secondary N) is 1. The molecule has 0 spiro atoms. The largest absolute Gasteiger partial charge is 0.379 e. The molecular formula is C20H33IN4O. The molecule has 1 aromatic rings. The summed E-state index contributed by atoms with van der Waals surface area (Å²) in [5, 5.41) is 3.59. The van der Waals surface area contributed by atoms with Gasteiger partial charge in [-0.1, -0.05) is 30.3 Å². The molecule has 0 amide bonds. The predicted octanol–water partition coefficient (Wildman–Crippen LogP) is 2.78. The van der Waals surface area contributed by atoms with Crippen molar-refractivity contribution in [3.63, 3.8) is 0 Å². The van der Waals surface area contributed by atoms with Crippen molar-refractivity contribution in [3.8, 4) is 0 Å². The van der Waals surface area contributed by atoms with Crippen LogP contribution in [0.2, 0.25) is 0 Å². The van der Waals surface area contributed by atoms with E-state index >= 15 is 0 Å². The summed E-state index contributed by atoms with van der Waals surface area (Å²) in [4.78, 5) is 9.45. The number of nitrogens with zero attached hydrogens (tertiary/aromatic N) is 3. The summed E-state index contributed by atoms with van der Waals surface area (Å²) in [7, 11) is 1.89. The molecule has 0 aromatic heterocycles. The van der Waals surface area contributed by atoms with Gasteiger partial charge in [-0.15, -0.1) is 24.0 Å². The second-order valence-corrected chi connectivity index (χ2v) is 7.28. The van der Waals surface area contributed by atoms with Crippen LogP contribution in [0.3, 0.4) is 0 Å². The van der Waals surface area contributed by atoms with E-state index < -0.39 is 0 Å². The zero-order chi connectivity index (χ0) is 17.6. The minimum Gasteiger partial charge on any atom is -0.379 e. The van der Waals surface area contributed by atoms with Crippen LogP contribution < -0.4 is 5.32 Å². The molecule has 3 atom stereocenters. The molecule has 2 fully saturated rings. The summed E-state index contributed by atoms with van der Waals surface area (Å²) < 4.78 is 5.55. The number of hydrogen-bond acceptors (Lipinski definition) is 3. The lowest BCUT2D eigenvalue weighted by Gasteiger charge is -2.38. The van der Waals surface area contributed by atoms with Crippen LogP contribution in [-0.4, -0.2) is 74.3 Å². The van der Waals surface area contributed by atoms with Gasteiger partial charge >= 0.3 is 0 Å². The fraction of sp³-hybridized carbons (Fsp3) is 0.650. The van der Waals surface area contributed by atoms with Crippen molar-refractivity contribution < 1.29 is 4.74 Å². The van der Waals surface area contributed by atoms with Crippen LogP contribution in [0.5, 0.6) is 0 Å². The first-order valence-corrected chi connectivity index (χ1v) is 9.53. The van der Waals surface area contributed by atoms with Gasteiger partial charge in [-0.2, -0.15) is 0 Å². The minimum absolute atomic E-state index is 0. The Balaban J connectivity index is 0.00000243. The maximum Gasteiger partial charge on any atom is 0.193 e. The van der Waals surface area contributed by atoms with Gasteiger partial charge in [0.25, 0.3) is 0 Å². The highest BCUT2D eigenvalue weighted by Gasteiger charge is 2.27. The van der Waals surface area contributed by atoms with Crippen molar-refractivity contribution in [1.29, 1.82) is 0 Å². The van der Waals surface area contributed by atoms with E-state index in [2.05, 4.69) is 64.3 Å². The van der Waals surface area contributed by atoms with Gasteiger partial charge in [0.1, 0.15) is 0 Å². The molecule has 0 aliphatic carbocycles. The summed E-state index contributed by atoms with van der Waals surface area (Å²) in [6.45, 7) is 10.3. The molecule has 0 bridgehead atoms. The molecule has 2 heterocycles. The lowest BCUT2D eigenvalue weighted by molar-refractivity contribution is -0.0174. The van der Waals surface area contributed by atoms with Crippen LogP contribution in [0.15, 0.2) is 35.3 Å². The van der Waals surface area contributed by atoms with Gasteiger partial charge in [0.2, 0.25) is 0 Å². The van der Waals surface area contributed by atoms with Crippen molar-refractivity contribution >= 4 is 29.9 Å². The van der Waals surface area contributed by atoms with Crippen molar-refractivity contribution in [3.05, 3.63) is 35.9 Å². The standard InChI is InChI=1S/C20H32N4O.HI/c1-16(24-11-12-25-15-17(24)2)13-22-20(21-3)23-10-9-19(14-23)18-7-5-4-6-8-18;/h4-8,16-17,19H,9-15H2,1-3H3,(H,21,22);1H. The highest BCUT2D eigenvalue weighted by molar-refractivity contribution is 14.0. The van der Waals surface area contributed by atoms with Crippen LogP contribution in [0.4, 0.5) is 0 Å². The minimum atomic E-state index is 0. The molecule has 0 radical (unpaired) electrons. The second-order valence-electron chi connectivity index (χ2n) is 7.28. The molecule has 2 aliphatic heterocycles. The van der Waals surface area contributed by atoms with E-state index in [0.717, 1.165) is 45.4 Å². The van der Waals surface area contributed by atoms with E-state index in [-0.39, 0.29) is 24.0 Å². The van der Waals surface area contributed by atoms with Gasteiger partial charge in [-0.05, 0) is 25.8 Å². The molecule has 0 saturated carbocycles. The Morgan fingerprint density at radius 1 is 1.31 bits per heavy atom. The third kappa shape index (κ3) is 5.33. The number of rotatable bonds is 4. The third-order valence-corrected chi connectivity index (χ3v) is 5.51. The maximum absolute atomic E-state index is 5.55. The van der Waals surface area contributed by atoms with Gasteiger partial charge < -0.3 is 15.0 Å². The van der Waals surface area contributed by atoms with E-state index in [0.29, 0.717) is 18.0 Å². The molecule has 1 N–H and O–H groups in total. The van der Waals surface area contributed by atoms with E-state index in [9.17, 15) is 0 Å². The average Bonchev–Trinajstić information content (AvgIpc) is 3.13. The second kappa shape index (κ2) is 10.5. The van der Waals surface area contributed by atoms with Crippen LogP contribution in [0.1, 0.15) is 31.7 Å². The van der Waals surface area contributed by atoms with E-state index in [1.165, 1.54) is 12.0 Å². The summed E-state index contributed by atoms with van der Waals surface area (Å²) in [5.74, 6) is 1.64. The van der Waals surface area contributed by atoms with Crippen molar-refractivity contribution in [2.75, 3.05) is 46.4 Å². The van der Waals surface area contributed by atoms with Crippen molar-refractivity contribution in [2.45, 2.75) is 38.3 Å². The summed E-state index contributed by atoms with van der Waals surface area (Å²) in [6, 6.07) is 11.8. The molecule has 6 heteroatoms. The predicted molar refractivity (Wildman–Crippen MR) is 119 cm³/mol. The Morgan fingerprint density at radius 2 is 2.08 bits per heavy atom. The van der Waals surface area contributed by atoms with Crippen LogP contribution in [-0.2, 0) is 4.74 Å². The molecule has 2 saturated heterocycles. The smallest absolute Gasteiger partial charge is 0.193 e. The molecular weight excluding hydrogens is 439 g/mol. The van der Waals surface area contributed by atoms with Crippen LogP contribution in [0.25, 0.3) is 0 Å². The zero-order valence-corrected chi connectivity index (χ0v) is 18.6. The molecule has 2 aliphatic rings. The highest BCUT2D eigenvalue weighted by Crippen LogP contribution is 2.26. The fourth-order valence-electron chi connectivity index (χ4n) is 4.03. The SMILES string of the molecule is CN=C(NCC(C)N1CCOCC1C)N1CCC(c2ccccc2)C1.I. The third-order valence-electron chi connectivity index (χ3n) is 5.51. The number of ether oxygens (including phenoxy) is 1. The first-order valence-electron chi connectivity index (χ1n) is 9.53. The zero-order valence-electron chi connectivity index (χ0n) is 16.2. The van der Waals surface area contributed by atoms with E-state index in [1.54, 1.807) is 0 Å². The Morgan fingerprint density at radius 3 is 2.77 bits per heavy atom. The maximum atomic E-state index is 5.55. The molecule has 3 unspecified atom stereocenters. The van der Waals surface area contributed by atoms with Gasteiger partial charge in [-0.3, -0.25) is 9.89 Å². The van der Waals surface area contributed by atoms with Crippen LogP contribution >= 0.6 is 24.0 Å². The number of morpholine rings is 1. The Bertz CT molecular complexity index is 568. The van der Waals surface area contributed by atoms with E-state index in [4.69, 9.17) is 4.74 Å². The molecule has 26 heavy (non-hydrogen) atoms. The number of halogens is 1. The molecule has 146 valence electrons. The van der Waals surface area contributed by atoms with Gasteiger partial charge in [0.15, 0.2) is 5.96 Å². The first kappa shape index (κ1) is 21.4. The number of benzene rings is 1. The lowest BCUT2D eigenvalue weighted by Crippen LogP contribution is -2.53. The Kier molecular flexibility index (Phi) is 8.63. The quantitative estimate of drug-likeness (QED) is 0.416. The van der Waals surface area contributed by atoms with Crippen LogP contribution in [0, 0.1) is 0 Å². The Hall–Kier alpha value is -0.860. The van der Waals surface area contributed by atoms with Gasteiger partial charge in [0, 0.05) is 51.2 Å². The normalized spacial score (nSPS) is 25.7. The van der Waals surface area contributed by atoms with Gasteiger partial charge in [0.05, 0.1) is 13.2 Å². The first-order chi connectivity index (χ1) is 12.2. The fourth-order valence-corrected chi connectivity index (χ4v) is 4.03. The number of guanidine groups is 1. The number of hydrogen-bond donors (Lipinski definition) is 1. The topological polar surface area (TPSA) is 40.1 Å². The molecule has 3 rings (SSSR count). The summed E-state index contributed by atoms with van der Waals surface area (Å²) in [6.07, 6.45) is 1.20.